The van der Waals surface area contributed by atoms with Crippen molar-refractivity contribution in [1.82, 2.24) is 4.98 Å². The highest BCUT2D eigenvalue weighted by molar-refractivity contribution is 5.86. The Balaban J connectivity index is 1.88. The first-order valence-electron chi connectivity index (χ1n) is 6.79. The van der Waals surface area contributed by atoms with Gasteiger partial charge in [-0.15, -0.1) is 0 Å². The molecular weight excluding hydrogens is 246 g/mol. The average molecular weight is 267 g/mol. The van der Waals surface area contributed by atoms with Gasteiger partial charge in [0.25, 0.3) is 0 Å². The largest absolute Gasteiger partial charge is 0.461 e. The molecule has 0 N–H and O–H groups in total. The number of hydrogen-bond donors (Lipinski definition) is 0. The number of rotatable bonds is 4. The van der Waals surface area contributed by atoms with E-state index in [1.807, 2.05) is 0 Å². The summed E-state index contributed by atoms with van der Waals surface area (Å²) in [6, 6.07) is 0. The third kappa shape index (κ3) is 3.72. The van der Waals surface area contributed by atoms with Crippen molar-refractivity contribution in [1.29, 1.82) is 0 Å². The van der Waals surface area contributed by atoms with Crippen molar-refractivity contribution in [3.05, 3.63) is 12.0 Å². The van der Waals surface area contributed by atoms with Gasteiger partial charge in [0.1, 0.15) is 12.4 Å². The Morgan fingerprint density at radius 2 is 2.16 bits per heavy atom. The zero-order valence-electron chi connectivity index (χ0n) is 11.8. The molecule has 0 unspecified atom stereocenters. The van der Waals surface area contributed by atoms with E-state index in [2.05, 4.69) is 18.8 Å². The van der Waals surface area contributed by atoms with Crippen LogP contribution in [0.3, 0.4) is 0 Å². The molecule has 0 atom stereocenters. The van der Waals surface area contributed by atoms with Gasteiger partial charge in [0, 0.05) is 0 Å². The van der Waals surface area contributed by atoms with Crippen LogP contribution in [-0.4, -0.2) is 23.7 Å². The lowest BCUT2D eigenvalue weighted by atomic mass is 9.76. The van der Waals surface area contributed by atoms with Crippen LogP contribution in [0.1, 0.15) is 56.9 Å². The van der Waals surface area contributed by atoms with E-state index < -0.39 is 5.97 Å². The standard InChI is InChI=1S/C14H21NO4/c1-4-17-12(16)11-9-18-13(15-11)19-10-5-7-14(2,3)8-6-10/h9-10H,4-8H2,1-3H3. The molecule has 1 aromatic heterocycles. The zero-order valence-corrected chi connectivity index (χ0v) is 11.8. The lowest BCUT2D eigenvalue weighted by molar-refractivity contribution is 0.0517. The molecule has 0 aromatic carbocycles. The van der Waals surface area contributed by atoms with Gasteiger partial charge in [0.05, 0.1) is 6.61 Å². The minimum Gasteiger partial charge on any atom is -0.461 e. The minimum absolute atomic E-state index is 0.127. The smallest absolute Gasteiger partial charge is 0.394 e. The normalized spacial score (nSPS) is 19.1. The monoisotopic (exact) mass is 267 g/mol. The highest BCUT2D eigenvalue weighted by Gasteiger charge is 2.28. The second-order valence-corrected chi connectivity index (χ2v) is 5.70. The molecular formula is C14H21NO4. The van der Waals surface area contributed by atoms with E-state index in [9.17, 15) is 4.79 Å². The topological polar surface area (TPSA) is 61.6 Å². The fourth-order valence-electron chi connectivity index (χ4n) is 2.24. The summed E-state index contributed by atoms with van der Waals surface area (Å²) in [6.45, 7) is 6.61. The molecule has 0 spiro atoms. The molecule has 1 aliphatic rings. The molecule has 19 heavy (non-hydrogen) atoms. The van der Waals surface area contributed by atoms with E-state index >= 15 is 0 Å². The van der Waals surface area contributed by atoms with Crippen LogP contribution in [0.5, 0.6) is 6.08 Å². The van der Waals surface area contributed by atoms with Gasteiger partial charge in [-0.2, -0.15) is 4.98 Å². The molecule has 0 aliphatic heterocycles. The highest BCUT2D eigenvalue weighted by Crippen LogP contribution is 2.36. The highest BCUT2D eigenvalue weighted by atomic mass is 16.6. The molecule has 1 heterocycles. The molecule has 0 radical (unpaired) electrons. The van der Waals surface area contributed by atoms with E-state index in [1.165, 1.54) is 6.26 Å². The van der Waals surface area contributed by atoms with Crippen LogP contribution in [-0.2, 0) is 4.74 Å². The van der Waals surface area contributed by atoms with Crippen molar-refractivity contribution in [3.8, 4) is 6.08 Å². The maximum absolute atomic E-state index is 11.4. The number of oxazole rings is 1. The van der Waals surface area contributed by atoms with Gasteiger partial charge in [0.2, 0.25) is 0 Å². The molecule has 106 valence electrons. The molecule has 1 saturated carbocycles. The maximum atomic E-state index is 11.4. The molecule has 0 saturated heterocycles. The second kappa shape index (κ2) is 5.63. The SMILES string of the molecule is CCOC(=O)c1coc(OC2CCC(C)(C)CC2)n1. The van der Waals surface area contributed by atoms with Gasteiger partial charge >= 0.3 is 12.0 Å². The summed E-state index contributed by atoms with van der Waals surface area (Å²) in [5.41, 5.74) is 0.556. The summed E-state index contributed by atoms with van der Waals surface area (Å²) in [4.78, 5) is 15.4. The van der Waals surface area contributed by atoms with Crippen molar-refractivity contribution in [2.45, 2.75) is 52.6 Å². The molecule has 5 heteroatoms. The Morgan fingerprint density at radius 3 is 2.79 bits per heavy atom. The Morgan fingerprint density at radius 1 is 1.47 bits per heavy atom. The van der Waals surface area contributed by atoms with Crippen LogP contribution in [0.4, 0.5) is 0 Å². The van der Waals surface area contributed by atoms with Gasteiger partial charge < -0.3 is 13.9 Å². The molecule has 1 aliphatic carbocycles. The first-order chi connectivity index (χ1) is 9.00. The van der Waals surface area contributed by atoms with Crippen molar-refractivity contribution < 1.29 is 18.7 Å². The van der Waals surface area contributed by atoms with E-state index in [1.54, 1.807) is 6.92 Å². The zero-order chi connectivity index (χ0) is 13.9. The fraction of sp³-hybridized carbons (Fsp3) is 0.714. The van der Waals surface area contributed by atoms with E-state index in [0.717, 1.165) is 25.7 Å². The van der Waals surface area contributed by atoms with Crippen molar-refractivity contribution in [2.75, 3.05) is 6.61 Å². The summed E-state index contributed by atoms with van der Waals surface area (Å²) in [7, 11) is 0. The second-order valence-electron chi connectivity index (χ2n) is 5.70. The summed E-state index contributed by atoms with van der Waals surface area (Å²) in [5.74, 6) is -0.481. The summed E-state index contributed by atoms with van der Waals surface area (Å²) in [6.07, 6.45) is 5.80. The number of carbonyl (C=O) groups excluding carboxylic acids is 1. The summed E-state index contributed by atoms with van der Waals surface area (Å²) in [5, 5.41) is 0. The van der Waals surface area contributed by atoms with Crippen LogP contribution in [0, 0.1) is 5.41 Å². The number of carbonyl (C=O) groups is 1. The Bertz CT molecular complexity index is 428. The molecule has 0 bridgehead atoms. The van der Waals surface area contributed by atoms with Gasteiger partial charge in [-0.05, 0) is 38.0 Å². The first kappa shape index (κ1) is 13.9. The van der Waals surface area contributed by atoms with E-state index in [0.29, 0.717) is 12.0 Å². The lowest BCUT2D eigenvalue weighted by Crippen LogP contribution is -2.28. The number of ether oxygens (including phenoxy) is 2. The quantitative estimate of drug-likeness (QED) is 0.784. The first-order valence-corrected chi connectivity index (χ1v) is 6.79. The fourth-order valence-corrected chi connectivity index (χ4v) is 2.24. The van der Waals surface area contributed by atoms with Gasteiger partial charge in [-0.25, -0.2) is 4.79 Å². The Kier molecular flexibility index (Phi) is 4.12. The van der Waals surface area contributed by atoms with Gasteiger partial charge in [-0.1, -0.05) is 13.8 Å². The third-order valence-electron chi connectivity index (χ3n) is 3.52. The van der Waals surface area contributed by atoms with Crippen LogP contribution in [0.15, 0.2) is 10.7 Å². The van der Waals surface area contributed by atoms with Crippen LogP contribution in [0.25, 0.3) is 0 Å². The lowest BCUT2D eigenvalue weighted by Gasteiger charge is -2.33. The summed E-state index contributed by atoms with van der Waals surface area (Å²) >= 11 is 0. The number of aromatic nitrogens is 1. The molecule has 2 rings (SSSR count). The van der Waals surface area contributed by atoms with E-state index in [-0.39, 0.29) is 17.9 Å². The Hall–Kier alpha value is -1.52. The number of nitrogens with zero attached hydrogens (tertiary/aromatic N) is 1. The Labute approximate surface area is 113 Å². The van der Waals surface area contributed by atoms with Crippen molar-refractivity contribution in [2.24, 2.45) is 5.41 Å². The molecule has 5 nitrogen and oxygen atoms in total. The average Bonchev–Trinajstić information content (AvgIpc) is 2.81. The minimum atomic E-state index is -0.481. The number of esters is 1. The van der Waals surface area contributed by atoms with Gasteiger partial charge in [0.15, 0.2) is 5.69 Å². The predicted molar refractivity (Wildman–Crippen MR) is 69.1 cm³/mol. The third-order valence-corrected chi connectivity index (χ3v) is 3.52. The van der Waals surface area contributed by atoms with Crippen molar-refractivity contribution in [3.63, 3.8) is 0 Å². The van der Waals surface area contributed by atoms with Crippen LogP contribution < -0.4 is 4.74 Å². The number of hydrogen-bond acceptors (Lipinski definition) is 5. The van der Waals surface area contributed by atoms with Crippen LogP contribution >= 0.6 is 0 Å². The van der Waals surface area contributed by atoms with Crippen LogP contribution in [0.2, 0.25) is 0 Å². The van der Waals surface area contributed by atoms with E-state index in [4.69, 9.17) is 13.9 Å². The molecule has 1 aromatic rings. The predicted octanol–water partition coefficient (Wildman–Crippen LogP) is 3.20. The maximum Gasteiger partial charge on any atom is 0.394 e. The summed E-state index contributed by atoms with van der Waals surface area (Å²) < 4.78 is 15.7. The van der Waals surface area contributed by atoms with Gasteiger partial charge in [-0.3, -0.25) is 0 Å². The molecule has 0 amide bonds. The van der Waals surface area contributed by atoms with Crippen molar-refractivity contribution >= 4 is 5.97 Å². The molecule has 1 fully saturated rings.